The molecule has 0 unspecified atom stereocenters. The summed E-state index contributed by atoms with van der Waals surface area (Å²) < 4.78 is 13.2. The lowest BCUT2D eigenvalue weighted by molar-refractivity contribution is 0.670. The summed E-state index contributed by atoms with van der Waals surface area (Å²) in [5.74, 6) is 0.549. The van der Waals surface area contributed by atoms with Crippen LogP contribution in [-0.2, 0) is 9.93 Å². The molecule has 0 bridgehead atoms. The van der Waals surface area contributed by atoms with Gasteiger partial charge in [0.25, 0.3) is 0 Å². The van der Waals surface area contributed by atoms with Gasteiger partial charge in [0, 0.05) is 25.6 Å². The van der Waals surface area contributed by atoms with Crippen molar-refractivity contribution in [1.29, 1.82) is 0 Å². The number of hydrogen-bond donors (Lipinski definition) is 1. The summed E-state index contributed by atoms with van der Waals surface area (Å²) in [6.07, 6.45) is 0. The van der Waals surface area contributed by atoms with E-state index in [1.54, 1.807) is 24.3 Å². The number of thiol groups is 1. The van der Waals surface area contributed by atoms with Crippen LogP contribution in [0.1, 0.15) is 6.92 Å². The largest absolute Gasteiger partial charge is 0.276 e. The molecule has 0 saturated carbocycles. The van der Waals surface area contributed by atoms with E-state index in [-0.39, 0.29) is 0 Å². The van der Waals surface area contributed by atoms with Gasteiger partial charge in [-0.2, -0.15) is 0 Å². The number of hydrogen-bond acceptors (Lipinski definition) is 1. The third-order valence-electron chi connectivity index (χ3n) is 2.90. The summed E-state index contributed by atoms with van der Waals surface area (Å²) in [5, 5.41) is 1.20. The summed E-state index contributed by atoms with van der Waals surface area (Å²) in [6, 6.07) is 14.5. The van der Waals surface area contributed by atoms with Crippen LogP contribution in [0.4, 0.5) is 0 Å². The topological polar surface area (TPSA) is 17.1 Å². The van der Waals surface area contributed by atoms with E-state index in [0.717, 1.165) is 9.79 Å². The molecular formula is C14H14Cl2OS. The van der Waals surface area contributed by atoms with Gasteiger partial charge >= 0.3 is 0 Å². The highest BCUT2D eigenvalue weighted by Gasteiger charge is 2.19. The molecule has 0 fully saturated rings. The summed E-state index contributed by atoms with van der Waals surface area (Å²) in [7, 11) is -2.63. The number of benzene rings is 2. The van der Waals surface area contributed by atoms with Crippen LogP contribution in [0.5, 0.6) is 0 Å². The van der Waals surface area contributed by atoms with Crippen LogP contribution in [0.3, 0.4) is 0 Å². The molecule has 0 radical (unpaired) electrons. The SMILES string of the molecule is CC[SH](=O)(c1cccc(Cl)c1)c1cccc(Cl)c1. The van der Waals surface area contributed by atoms with Gasteiger partial charge in [-0.25, -0.2) is 0 Å². The van der Waals surface area contributed by atoms with Crippen LogP contribution in [0.25, 0.3) is 0 Å². The van der Waals surface area contributed by atoms with Crippen LogP contribution in [0.15, 0.2) is 58.3 Å². The van der Waals surface area contributed by atoms with Crippen molar-refractivity contribution in [3.05, 3.63) is 58.6 Å². The Balaban J connectivity index is 2.59. The van der Waals surface area contributed by atoms with Gasteiger partial charge in [-0.1, -0.05) is 52.2 Å². The Morgan fingerprint density at radius 2 is 1.39 bits per heavy atom. The minimum Gasteiger partial charge on any atom is -0.276 e. The van der Waals surface area contributed by atoms with E-state index in [2.05, 4.69) is 0 Å². The Morgan fingerprint density at radius 1 is 0.944 bits per heavy atom. The van der Waals surface area contributed by atoms with Crippen molar-refractivity contribution in [2.24, 2.45) is 0 Å². The van der Waals surface area contributed by atoms with Gasteiger partial charge in [0.1, 0.15) is 0 Å². The zero-order chi connectivity index (χ0) is 13.2. The highest BCUT2D eigenvalue weighted by atomic mass is 35.5. The molecule has 0 amide bonds. The van der Waals surface area contributed by atoms with Gasteiger partial charge in [0.05, 0.1) is 0 Å². The molecule has 0 saturated heterocycles. The smallest absolute Gasteiger partial charge is 0.0417 e. The molecule has 0 atom stereocenters. The van der Waals surface area contributed by atoms with Crippen LogP contribution < -0.4 is 0 Å². The predicted molar refractivity (Wildman–Crippen MR) is 79.5 cm³/mol. The summed E-state index contributed by atoms with van der Waals surface area (Å²) in [6.45, 7) is 1.92. The quantitative estimate of drug-likeness (QED) is 0.829. The van der Waals surface area contributed by atoms with E-state index >= 15 is 0 Å². The van der Waals surface area contributed by atoms with E-state index in [1.165, 1.54) is 0 Å². The first-order valence-electron chi connectivity index (χ1n) is 5.67. The molecule has 0 aromatic heterocycles. The molecule has 4 heteroatoms. The maximum absolute atomic E-state index is 13.2. The Labute approximate surface area is 118 Å². The standard InChI is InChI=1S/C14H14Cl2OS/c1-2-18(17,13-7-3-5-11(15)9-13)14-8-4-6-12(16)10-14/h3-10,18H,2H2,1H3. The van der Waals surface area contributed by atoms with Crippen molar-refractivity contribution in [2.75, 3.05) is 5.75 Å². The Bertz CT molecular complexity index is 561. The second-order valence-electron chi connectivity index (χ2n) is 4.02. The van der Waals surface area contributed by atoms with Gasteiger partial charge in [-0.15, -0.1) is 0 Å². The molecule has 1 nitrogen and oxygen atoms in total. The minimum atomic E-state index is -2.63. The van der Waals surface area contributed by atoms with E-state index in [0.29, 0.717) is 15.8 Å². The van der Waals surface area contributed by atoms with Gasteiger partial charge in [-0.05, 0) is 36.4 Å². The predicted octanol–water partition coefficient (Wildman–Crippen LogP) is 4.45. The van der Waals surface area contributed by atoms with Crippen LogP contribution in [0.2, 0.25) is 10.0 Å². The molecule has 2 aromatic carbocycles. The monoisotopic (exact) mass is 300 g/mol. The van der Waals surface area contributed by atoms with E-state index in [4.69, 9.17) is 23.2 Å². The molecule has 0 aliphatic carbocycles. The van der Waals surface area contributed by atoms with Crippen molar-refractivity contribution < 1.29 is 4.21 Å². The lowest BCUT2D eigenvalue weighted by Gasteiger charge is -2.23. The van der Waals surface area contributed by atoms with Crippen molar-refractivity contribution in [2.45, 2.75) is 16.7 Å². The number of halogens is 2. The third kappa shape index (κ3) is 2.61. The fourth-order valence-electron chi connectivity index (χ4n) is 1.92. The first-order valence-corrected chi connectivity index (χ1v) is 8.32. The number of rotatable bonds is 3. The van der Waals surface area contributed by atoms with Crippen molar-refractivity contribution in [1.82, 2.24) is 0 Å². The summed E-state index contributed by atoms with van der Waals surface area (Å²) in [4.78, 5) is 1.56. The van der Waals surface area contributed by atoms with Crippen molar-refractivity contribution in [3.8, 4) is 0 Å². The Kier molecular flexibility index (Phi) is 4.10. The highest BCUT2D eigenvalue weighted by Crippen LogP contribution is 2.31. The highest BCUT2D eigenvalue weighted by molar-refractivity contribution is 8.03. The van der Waals surface area contributed by atoms with E-state index in [1.807, 2.05) is 31.2 Å². The summed E-state index contributed by atoms with van der Waals surface area (Å²) >= 11 is 12.0. The molecular weight excluding hydrogens is 287 g/mol. The second kappa shape index (κ2) is 5.43. The zero-order valence-corrected chi connectivity index (χ0v) is 12.3. The fraction of sp³-hybridized carbons (Fsp3) is 0.143. The minimum absolute atomic E-state index is 0.549. The molecule has 2 aromatic rings. The molecule has 96 valence electrons. The van der Waals surface area contributed by atoms with Crippen LogP contribution in [0, 0.1) is 0 Å². The lowest BCUT2D eigenvalue weighted by Crippen LogP contribution is -2.15. The first-order chi connectivity index (χ1) is 8.56. The molecule has 2 rings (SSSR count). The summed E-state index contributed by atoms with van der Waals surface area (Å²) in [5.41, 5.74) is 0. The van der Waals surface area contributed by atoms with E-state index < -0.39 is 9.93 Å². The van der Waals surface area contributed by atoms with Gasteiger partial charge in [-0.3, -0.25) is 4.21 Å². The van der Waals surface area contributed by atoms with Crippen molar-refractivity contribution in [3.63, 3.8) is 0 Å². The zero-order valence-electron chi connectivity index (χ0n) is 9.94. The van der Waals surface area contributed by atoms with Gasteiger partial charge < -0.3 is 0 Å². The first kappa shape index (κ1) is 13.6. The fourth-order valence-corrected chi connectivity index (χ4v) is 4.83. The molecule has 0 heterocycles. The van der Waals surface area contributed by atoms with Gasteiger partial charge in [0.2, 0.25) is 0 Å². The van der Waals surface area contributed by atoms with Gasteiger partial charge in [0.15, 0.2) is 0 Å². The van der Waals surface area contributed by atoms with Crippen LogP contribution in [-0.4, -0.2) is 9.96 Å². The lowest BCUT2D eigenvalue weighted by atomic mass is 10.4. The third-order valence-corrected chi connectivity index (χ3v) is 6.48. The Morgan fingerprint density at radius 3 is 1.72 bits per heavy atom. The normalized spacial score (nSPS) is 12.4. The van der Waals surface area contributed by atoms with Crippen molar-refractivity contribution >= 4 is 33.1 Å². The maximum Gasteiger partial charge on any atom is 0.0417 e. The average Bonchev–Trinajstić information content (AvgIpc) is 2.38. The average molecular weight is 301 g/mol. The second-order valence-corrected chi connectivity index (χ2v) is 8.03. The Hall–Kier alpha value is -0.830. The molecule has 0 N–H and O–H groups in total. The van der Waals surface area contributed by atoms with Crippen LogP contribution >= 0.6 is 23.2 Å². The molecule has 0 aliphatic rings. The molecule has 18 heavy (non-hydrogen) atoms. The maximum atomic E-state index is 13.2. The molecule has 0 spiro atoms. The van der Waals surface area contributed by atoms with E-state index in [9.17, 15) is 4.21 Å². The molecule has 0 aliphatic heterocycles.